The molecule has 1 saturated heterocycles. The van der Waals surface area contributed by atoms with E-state index in [0.29, 0.717) is 44.2 Å². The number of benzene rings is 1. The first kappa shape index (κ1) is 20.2. The Kier molecular flexibility index (Phi) is 6.49. The van der Waals surface area contributed by atoms with Gasteiger partial charge in [0.05, 0.1) is 19.3 Å². The number of rotatable bonds is 8. The van der Waals surface area contributed by atoms with Gasteiger partial charge in [0.25, 0.3) is 0 Å². The molecule has 1 aliphatic heterocycles. The molecule has 0 saturated carbocycles. The summed E-state index contributed by atoms with van der Waals surface area (Å²) in [5.74, 6) is 1.45. The highest BCUT2D eigenvalue weighted by molar-refractivity contribution is 5.76. The van der Waals surface area contributed by atoms with E-state index in [-0.39, 0.29) is 17.9 Å². The van der Waals surface area contributed by atoms with Crippen LogP contribution in [0.15, 0.2) is 53.3 Å². The number of carbonyl (C=O) groups is 1. The van der Waals surface area contributed by atoms with Crippen molar-refractivity contribution < 1.29 is 14.1 Å². The Morgan fingerprint density at radius 3 is 2.90 bits per heavy atom. The maximum absolute atomic E-state index is 12.4. The topological polar surface area (TPSA) is 90.1 Å². The first-order chi connectivity index (χ1) is 14.7. The highest BCUT2D eigenvalue weighted by Crippen LogP contribution is 2.20. The number of ether oxygens (including phenoxy) is 1. The molecule has 4 rings (SSSR count). The highest BCUT2D eigenvalue weighted by Gasteiger charge is 2.29. The van der Waals surface area contributed by atoms with Crippen molar-refractivity contribution in [2.75, 3.05) is 13.2 Å². The second-order valence-corrected chi connectivity index (χ2v) is 7.77. The molecule has 156 valence electrons. The molecule has 1 fully saturated rings. The number of hydrogen-bond donors (Lipinski definition) is 1. The van der Waals surface area contributed by atoms with E-state index >= 15 is 0 Å². The summed E-state index contributed by atoms with van der Waals surface area (Å²) in [7, 11) is 0. The molecule has 30 heavy (non-hydrogen) atoms. The molecule has 0 bridgehead atoms. The smallest absolute Gasteiger partial charge is 0.226 e. The van der Waals surface area contributed by atoms with Crippen molar-refractivity contribution in [3.05, 3.63) is 65.8 Å². The monoisotopic (exact) mass is 406 g/mol. The fourth-order valence-electron chi connectivity index (χ4n) is 3.72. The predicted octanol–water partition coefficient (Wildman–Crippen LogP) is 3.14. The van der Waals surface area contributed by atoms with Crippen molar-refractivity contribution >= 4 is 5.91 Å². The predicted molar refractivity (Wildman–Crippen MR) is 112 cm³/mol. The van der Waals surface area contributed by atoms with Gasteiger partial charge in [-0.25, -0.2) is 0 Å². The van der Waals surface area contributed by atoms with Gasteiger partial charge in [0, 0.05) is 36.7 Å². The van der Waals surface area contributed by atoms with Gasteiger partial charge >= 0.3 is 0 Å². The average molecular weight is 406 g/mol. The molecule has 2 atom stereocenters. The molecule has 3 heterocycles. The summed E-state index contributed by atoms with van der Waals surface area (Å²) in [4.78, 5) is 20.9. The van der Waals surface area contributed by atoms with E-state index in [1.165, 1.54) is 5.56 Å². The summed E-state index contributed by atoms with van der Waals surface area (Å²) in [6.45, 7) is 3.25. The Morgan fingerprint density at radius 2 is 2.07 bits per heavy atom. The van der Waals surface area contributed by atoms with E-state index in [1.54, 1.807) is 12.4 Å². The van der Waals surface area contributed by atoms with Crippen LogP contribution in [0.3, 0.4) is 0 Å². The molecule has 2 aromatic heterocycles. The number of carbonyl (C=O) groups excluding carboxylic acids is 1. The lowest BCUT2D eigenvalue weighted by Gasteiger charge is -2.19. The third-order valence-electron chi connectivity index (χ3n) is 5.33. The lowest BCUT2D eigenvalue weighted by Crippen LogP contribution is -2.40. The number of pyridine rings is 1. The van der Waals surface area contributed by atoms with Gasteiger partial charge in [-0.05, 0) is 43.5 Å². The van der Waals surface area contributed by atoms with Crippen molar-refractivity contribution in [2.45, 2.75) is 38.6 Å². The zero-order chi connectivity index (χ0) is 20.8. The van der Waals surface area contributed by atoms with Gasteiger partial charge in [0.15, 0.2) is 0 Å². The van der Waals surface area contributed by atoms with Gasteiger partial charge in [0.2, 0.25) is 17.6 Å². The first-order valence-electron chi connectivity index (χ1n) is 10.3. The van der Waals surface area contributed by atoms with Crippen molar-refractivity contribution in [3.8, 4) is 11.4 Å². The molecular formula is C23H26N4O3. The zero-order valence-electron chi connectivity index (χ0n) is 17.1. The standard InChI is InChI=1S/C23H26N4O3/c1-16-4-2-5-18(12-16)23-26-22(30-27-23)7-3-6-21(28)25-20-15-29-14-19(20)13-17-8-10-24-11-9-17/h2,4-5,8-12,19-20H,3,6-7,13-15H2,1H3,(H,25,28)/t19-,20+/m1/s1. The molecule has 1 aliphatic rings. The average Bonchev–Trinajstić information content (AvgIpc) is 3.39. The fraction of sp³-hybridized carbons (Fsp3) is 0.391. The van der Waals surface area contributed by atoms with Gasteiger partial charge in [-0.2, -0.15) is 4.98 Å². The molecule has 0 spiro atoms. The van der Waals surface area contributed by atoms with Gasteiger partial charge in [-0.15, -0.1) is 0 Å². The van der Waals surface area contributed by atoms with Crippen molar-refractivity contribution in [3.63, 3.8) is 0 Å². The summed E-state index contributed by atoms with van der Waals surface area (Å²) >= 11 is 0. The number of amides is 1. The third-order valence-corrected chi connectivity index (χ3v) is 5.33. The van der Waals surface area contributed by atoms with Crippen LogP contribution in [0.5, 0.6) is 0 Å². The van der Waals surface area contributed by atoms with Crippen molar-refractivity contribution in [1.82, 2.24) is 20.4 Å². The molecule has 7 heteroatoms. The summed E-state index contributed by atoms with van der Waals surface area (Å²) in [6, 6.07) is 12.0. The van der Waals surface area contributed by atoms with E-state index in [2.05, 4.69) is 20.4 Å². The Morgan fingerprint density at radius 1 is 1.20 bits per heavy atom. The van der Waals surface area contributed by atoms with E-state index in [0.717, 1.165) is 17.5 Å². The molecule has 1 N–H and O–H groups in total. The molecular weight excluding hydrogens is 380 g/mol. The number of aromatic nitrogens is 3. The summed E-state index contributed by atoms with van der Waals surface area (Å²) in [5, 5.41) is 7.18. The number of nitrogens with one attached hydrogen (secondary N) is 1. The number of nitrogens with zero attached hydrogens (tertiary/aromatic N) is 3. The molecule has 1 amide bonds. The second kappa shape index (κ2) is 9.63. The van der Waals surface area contributed by atoms with Crippen molar-refractivity contribution in [2.24, 2.45) is 5.92 Å². The Balaban J connectivity index is 1.23. The molecule has 0 unspecified atom stereocenters. The lowest BCUT2D eigenvalue weighted by atomic mass is 9.95. The van der Waals surface area contributed by atoms with Crippen LogP contribution in [-0.4, -0.2) is 40.3 Å². The largest absolute Gasteiger partial charge is 0.379 e. The van der Waals surface area contributed by atoms with Gasteiger partial charge in [0.1, 0.15) is 0 Å². The molecule has 0 aliphatic carbocycles. The van der Waals surface area contributed by atoms with Crippen LogP contribution in [0.1, 0.15) is 29.9 Å². The van der Waals surface area contributed by atoms with E-state index < -0.39 is 0 Å². The van der Waals surface area contributed by atoms with Crippen LogP contribution in [0.2, 0.25) is 0 Å². The Bertz CT molecular complexity index is 973. The maximum Gasteiger partial charge on any atom is 0.226 e. The lowest BCUT2D eigenvalue weighted by molar-refractivity contribution is -0.122. The quantitative estimate of drug-likeness (QED) is 0.618. The van der Waals surface area contributed by atoms with E-state index in [4.69, 9.17) is 9.26 Å². The Hall–Kier alpha value is -3.06. The van der Waals surface area contributed by atoms with E-state index in [1.807, 2.05) is 43.3 Å². The minimum absolute atomic E-state index is 0.0312. The second-order valence-electron chi connectivity index (χ2n) is 7.77. The highest BCUT2D eigenvalue weighted by atomic mass is 16.5. The van der Waals surface area contributed by atoms with Crippen LogP contribution >= 0.6 is 0 Å². The van der Waals surface area contributed by atoms with Crippen LogP contribution in [0.25, 0.3) is 11.4 Å². The minimum atomic E-state index is 0.0312. The Labute approximate surface area is 175 Å². The zero-order valence-corrected chi connectivity index (χ0v) is 17.1. The fourth-order valence-corrected chi connectivity index (χ4v) is 3.72. The van der Waals surface area contributed by atoms with Crippen LogP contribution < -0.4 is 5.32 Å². The van der Waals surface area contributed by atoms with Crippen LogP contribution in [0.4, 0.5) is 0 Å². The van der Waals surface area contributed by atoms with Crippen molar-refractivity contribution in [1.29, 1.82) is 0 Å². The van der Waals surface area contributed by atoms with Gasteiger partial charge < -0.3 is 14.6 Å². The van der Waals surface area contributed by atoms with E-state index in [9.17, 15) is 4.79 Å². The maximum atomic E-state index is 12.4. The number of hydrogen-bond acceptors (Lipinski definition) is 6. The SMILES string of the molecule is Cc1cccc(-c2noc(CCCC(=O)N[C@H]3COC[C@H]3Cc3ccncc3)n2)c1. The van der Waals surface area contributed by atoms with Crippen LogP contribution in [0, 0.1) is 12.8 Å². The first-order valence-corrected chi connectivity index (χ1v) is 10.3. The summed E-state index contributed by atoms with van der Waals surface area (Å²) in [6.07, 6.45) is 6.11. The van der Waals surface area contributed by atoms with Gasteiger partial charge in [-0.3, -0.25) is 9.78 Å². The van der Waals surface area contributed by atoms with Gasteiger partial charge in [-0.1, -0.05) is 28.9 Å². The molecule has 7 nitrogen and oxygen atoms in total. The normalized spacial score (nSPS) is 18.4. The third kappa shape index (κ3) is 5.30. The molecule has 0 radical (unpaired) electrons. The summed E-state index contributed by atoms with van der Waals surface area (Å²) < 4.78 is 10.9. The summed E-state index contributed by atoms with van der Waals surface area (Å²) in [5.41, 5.74) is 3.29. The molecule has 3 aromatic rings. The van der Waals surface area contributed by atoms with Crippen LogP contribution in [-0.2, 0) is 22.4 Å². The minimum Gasteiger partial charge on any atom is -0.379 e. The number of aryl methyl sites for hydroxylation is 2. The molecule has 1 aromatic carbocycles.